The van der Waals surface area contributed by atoms with E-state index in [4.69, 9.17) is 41.0 Å². The molecule has 1 aliphatic carbocycles. The fourth-order valence-corrected chi connectivity index (χ4v) is 14.2. The third kappa shape index (κ3) is 11.4. The van der Waals surface area contributed by atoms with Gasteiger partial charge in [-0.1, -0.05) is 53.9 Å². The van der Waals surface area contributed by atoms with E-state index in [0.717, 1.165) is 121 Å². The molecular weight excluding hydrogens is 1080 g/mol. The second-order valence-electron chi connectivity index (χ2n) is 23.9. The number of aromatic nitrogens is 4. The smallest absolute Gasteiger partial charge is 0.318 e. The first kappa shape index (κ1) is 56.8. The molecule has 1 unspecified atom stereocenters. The summed E-state index contributed by atoms with van der Waals surface area (Å²) in [6.07, 6.45) is 8.73. The highest BCUT2D eigenvalue weighted by molar-refractivity contribution is 6.36. The minimum absolute atomic E-state index is 0.0622. The second-order valence-corrected chi connectivity index (χ2v) is 24.3. The Morgan fingerprint density at radius 1 is 0.690 bits per heavy atom. The number of nitrogens with zero attached hydrogens (tertiary/aromatic N) is 14. The lowest BCUT2D eigenvalue weighted by Crippen LogP contribution is -2.56. The number of anilines is 4. The van der Waals surface area contributed by atoms with Crippen molar-refractivity contribution in [2.75, 3.05) is 112 Å². The third-order valence-corrected chi connectivity index (χ3v) is 19.2. The van der Waals surface area contributed by atoms with Crippen molar-refractivity contribution in [2.24, 2.45) is 0 Å². The van der Waals surface area contributed by atoms with Crippen LogP contribution in [0.1, 0.15) is 97.0 Å². The van der Waals surface area contributed by atoms with E-state index in [1.807, 2.05) is 23.1 Å². The lowest BCUT2D eigenvalue weighted by atomic mass is 9.91. The third-order valence-electron chi connectivity index (χ3n) is 18.9. The number of halogens is 1. The largest absolute Gasteiger partial charge is 0.462 e. The van der Waals surface area contributed by atoms with E-state index < -0.39 is 0 Å². The Kier molecular flexibility index (Phi) is 16.6. The minimum Gasteiger partial charge on any atom is -0.462 e. The van der Waals surface area contributed by atoms with Crippen LogP contribution in [-0.4, -0.2) is 168 Å². The number of nitriles is 2. The maximum atomic E-state index is 13.5. The molecule has 2 amide bonds. The SMILES string of the molecule is CC#CC(=O)N1CCN(c2nc(OC[C@@H]3CC(c4cc(C)c(C)c(N5CCc6c(nc(OC[C@@H]7CCCN7C)nc6N6CCN(C(=O)C7=CCC7)[C@@H](CC#N)C6)C5)c4)CN3C)nc3c2CCN(c2cccc4cccc(Cl)c24)C3)C[C@@H]1CC#N. The lowest BCUT2D eigenvalue weighted by molar-refractivity contribution is -0.130. The van der Waals surface area contributed by atoms with Crippen molar-refractivity contribution < 1.29 is 19.1 Å². The number of likely N-dealkylation sites (N-methyl/N-ethyl adjacent to an activating group) is 2. The first-order valence-corrected chi connectivity index (χ1v) is 30.4. The van der Waals surface area contributed by atoms with Crippen LogP contribution in [0.15, 0.2) is 60.2 Å². The van der Waals surface area contributed by atoms with Crippen LogP contribution in [0.4, 0.5) is 23.0 Å². The van der Waals surface area contributed by atoms with E-state index in [1.165, 1.54) is 22.4 Å². The molecule has 19 heteroatoms. The Morgan fingerprint density at radius 3 is 1.92 bits per heavy atom. The number of benzene rings is 3. The van der Waals surface area contributed by atoms with E-state index >= 15 is 0 Å². The molecule has 5 aromatic rings. The van der Waals surface area contributed by atoms with Gasteiger partial charge in [-0.05, 0) is 138 Å². The van der Waals surface area contributed by atoms with E-state index in [2.05, 4.69) is 118 Å². The van der Waals surface area contributed by atoms with Crippen molar-refractivity contribution in [1.82, 2.24) is 39.5 Å². The number of ether oxygens (including phenoxy) is 2. The van der Waals surface area contributed by atoms with Crippen molar-refractivity contribution in [2.45, 2.75) is 122 Å². The van der Waals surface area contributed by atoms with Gasteiger partial charge in [-0.25, -0.2) is 0 Å². The molecule has 2 aromatic heterocycles. The average Bonchev–Trinajstić information content (AvgIpc) is 3.27. The predicted octanol–water partition coefficient (Wildman–Crippen LogP) is 7.76. The molecule has 7 aliphatic rings. The van der Waals surface area contributed by atoms with Gasteiger partial charge in [0.25, 0.3) is 5.91 Å². The van der Waals surface area contributed by atoms with Gasteiger partial charge in [0, 0.05) is 104 Å². The molecule has 3 aromatic carbocycles. The second kappa shape index (κ2) is 24.5. The van der Waals surface area contributed by atoms with Crippen LogP contribution in [0.2, 0.25) is 5.02 Å². The Morgan fingerprint density at radius 2 is 1.31 bits per heavy atom. The van der Waals surface area contributed by atoms with E-state index in [0.29, 0.717) is 95.1 Å². The molecule has 12 rings (SSSR count). The van der Waals surface area contributed by atoms with Gasteiger partial charge in [-0.3, -0.25) is 14.5 Å². The van der Waals surface area contributed by atoms with Gasteiger partial charge in [0.1, 0.15) is 24.8 Å². The van der Waals surface area contributed by atoms with Gasteiger partial charge in [-0.15, -0.1) is 0 Å². The Bertz CT molecular complexity index is 3540. The topological polar surface area (TPSA) is 178 Å². The fraction of sp³-hybridized carbons (Fsp3) is 0.508. The Labute approximate surface area is 498 Å². The number of rotatable bonds is 14. The van der Waals surface area contributed by atoms with Crippen LogP contribution >= 0.6 is 11.6 Å². The number of amides is 2. The predicted molar refractivity (Wildman–Crippen MR) is 326 cm³/mol. The summed E-state index contributed by atoms with van der Waals surface area (Å²) < 4.78 is 13.3. The van der Waals surface area contributed by atoms with Crippen LogP contribution in [0, 0.1) is 48.4 Å². The summed E-state index contributed by atoms with van der Waals surface area (Å²) in [6.45, 7) is 14.6. The highest BCUT2D eigenvalue weighted by atomic mass is 35.5. The van der Waals surface area contributed by atoms with Crippen LogP contribution in [-0.2, 0) is 35.5 Å². The van der Waals surface area contributed by atoms with E-state index in [-0.39, 0.29) is 48.7 Å². The summed E-state index contributed by atoms with van der Waals surface area (Å²) in [5.41, 5.74) is 10.9. The zero-order valence-electron chi connectivity index (χ0n) is 49.1. The molecule has 0 radical (unpaired) electrons. The van der Waals surface area contributed by atoms with Crippen molar-refractivity contribution in [3.63, 3.8) is 0 Å². The number of carbonyl (C=O) groups excluding carboxylic acids is 2. The van der Waals surface area contributed by atoms with Gasteiger partial charge < -0.3 is 43.8 Å². The minimum atomic E-state index is -0.343. The lowest BCUT2D eigenvalue weighted by Gasteiger charge is -2.43. The molecule has 4 saturated heterocycles. The first-order valence-electron chi connectivity index (χ1n) is 30.1. The molecule has 5 atom stereocenters. The van der Waals surface area contributed by atoms with Crippen molar-refractivity contribution >= 4 is 57.2 Å². The van der Waals surface area contributed by atoms with Gasteiger partial charge >= 0.3 is 12.0 Å². The van der Waals surface area contributed by atoms with Crippen molar-refractivity contribution in [3.8, 4) is 36.0 Å². The number of aryl methyl sites for hydroxylation is 1. The summed E-state index contributed by atoms with van der Waals surface area (Å²) in [6, 6.07) is 22.3. The van der Waals surface area contributed by atoms with E-state index in [9.17, 15) is 20.1 Å². The number of hydrogen-bond acceptors (Lipinski definition) is 16. The molecule has 0 N–H and O–H groups in total. The number of fused-ring (bicyclic) bond motifs is 3. The van der Waals surface area contributed by atoms with Crippen molar-refractivity contribution in [3.05, 3.63) is 104 Å². The number of allylic oxidation sites excluding steroid dienone is 1. The molecule has 8 heterocycles. The maximum Gasteiger partial charge on any atom is 0.318 e. The summed E-state index contributed by atoms with van der Waals surface area (Å²) in [7, 11) is 4.33. The van der Waals surface area contributed by atoms with Crippen molar-refractivity contribution in [1.29, 1.82) is 10.5 Å². The monoisotopic (exact) mass is 1150 g/mol. The maximum absolute atomic E-state index is 13.5. The van der Waals surface area contributed by atoms with Crippen LogP contribution < -0.4 is 29.1 Å². The highest BCUT2D eigenvalue weighted by Gasteiger charge is 2.39. The summed E-state index contributed by atoms with van der Waals surface area (Å²) in [5, 5.41) is 22.7. The molecule has 6 aliphatic heterocycles. The van der Waals surface area contributed by atoms with Gasteiger partial charge in [0.2, 0.25) is 5.91 Å². The first-order chi connectivity index (χ1) is 40.9. The molecule has 0 spiro atoms. The molecule has 436 valence electrons. The van der Waals surface area contributed by atoms with Crippen LogP contribution in [0.3, 0.4) is 0 Å². The number of likely N-dealkylation sites (tertiary alicyclic amines) is 2. The highest BCUT2D eigenvalue weighted by Crippen LogP contribution is 2.41. The Balaban J connectivity index is 0.784. The molecule has 84 heavy (non-hydrogen) atoms. The van der Waals surface area contributed by atoms with E-state index in [1.54, 1.807) is 11.8 Å². The summed E-state index contributed by atoms with van der Waals surface area (Å²) in [5.74, 6) is 7.14. The Hall–Kier alpha value is -7.69. The molecule has 0 saturated carbocycles. The summed E-state index contributed by atoms with van der Waals surface area (Å²) >= 11 is 6.89. The zero-order chi connectivity index (χ0) is 58.2. The quantitative estimate of drug-likeness (QED) is 0.0985. The number of hydrogen-bond donors (Lipinski definition) is 0. The zero-order valence-corrected chi connectivity index (χ0v) is 49.9. The molecule has 18 nitrogen and oxygen atoms in total. The van der Waals surface area contributed by atoms with Gasteiger partial charge in [0.15, 0.2) is 0 Å². The van der Waals surface area contributed by atoms with Crippen LogP contribution in [0.5, 0.6) is 12.0 Å². The average molecular weight is 1150 g/mol. The fourth-order valence-electron chi connectivity index (χ4n) is 13.9. The van der Waals surface area contributed by atoms with Gasteiger partial charge in [0.05, 0.1) is 66.6 Å². The summed E-state index contributed by atoms with van der Waals surface area (Å²) in [4.78, 5) is 65.1. The number of carbonyl (C=O) groups is 2. The van der Waals surface area contributed by atoms with Crippen LogP contribution in [0.25, 0.3) is 10.8 Å². The molecule has 0 bridgehead atoms. The molecular formula is C65H75ClN14O4. The van der Waals surface area contributed by atoms with Gasteiger partial charge in [-0.2, -0.15) is 30.5 Å². The normalized spacial score (nSPS) is 22.6. The standard InChI is InChI=1S/C65H75ClN14O4/c1-6-11-59(81)79-30-28-77(36-48(79)19-23-67)61-52-21-26-75(57-18-9-13-44-12-8-17-54(66)60(44)57)38-55(52)69-65(72-61)84-41-51-33-47(35-74(51)5)46-32-42(2)43(3)58(34-46)76-27-22-53-56(39-76)70-64(83-40-50-16-10-25-73(50)4)71-62(53)78-29-31-80(49(37-78)20-24-68)63(82)45-14-7-15-45/h8-9,12-14,17-18,32,34,47-51H,7,10,15-16,19-22,25-31,33,35-41H2,1-5H3/t47?,48-,49-,50-,51-/m0/s1. The molecule has 4 fully saturated rings. The number of piperazine rings is 2.